The van der Waals surface area contributed by atoms with Gasteiger partial charge in [-0.25, -0.2) is 18.2 Å². The van der Waals surface area contributed by atoms with Crippen LogP contribution in [0.3, 0.4) is 0 Å². The molecular weight excluding hydrogens is 292 g/mol. The number of carboxylic acids is 1. The van der Waals surface area contributed by atoms with Gasteiger partial charge in [0.15, 0.2) is 5.69 Å². The van der Waals surface area contributed by atoms with Gasteiger partial charge in [0.05, 0.1) is 5.75 Å². The van der Waals surface area contributed by atoms with Gasteiger partial charge < -0.3 is 10.4 Å². The Kier molecular flexibility index (Phi) is 4.82. The summed E-state index contributed by atoms with van der Waals surface area (Å²) >= 11 is 0. The van der Waals surface area contributed by atoms with Gasteiger partial charge in [0.2, 0.25) is 0 Å². The molecule has 1 aliphatic carbocycles. The predicted octanol–water partition coefficient (Wildman–Crippen LogP) is 1.80. The van der Waals surface area contributed by atoms with E-state index < -0.39 is 15.8 Å². The summed E-state index contributed by atoms with van der Waals surface area (Å²) in [6.45, 7) is 0. The van der Waals surface area contributed by atoms with Crippen molar-refractivity contribution >= 4 is 21.6 Å². The second-order valence-electron chi connectivity index (χ2n) is 5.67. The molecule has 1 aliphatic rings. The lowest BCUT2D eigenvalue weighted by Crippen LogP contribution is -2.29. The Hall–Kier alpha value is -1.63. The maximum atomic E-state index is 11.3. The van der Waals surface area contributed by atoms with Crippen molar-refractivity contribution in [1.29, 1.82) is 0 Å². The number of anilines is 1. The molecule has 6 nitrogen and oxygen atoms in total. The molecule has 0 bridgehead atoms. The van der Waals surface area contributed by atoms with Crippen LogP contribution in [0, 0.1) is 5.92 Å². The standard InChI is InChI=1S/C14H20N2O4S/c1-21(19,20)9-10-5-7-11(8-6-10)15-13-4-2-3-12(16-13)14(17)18/h2-4,10-11H,5-9H2,1H3,(H,15,16)(H,17,18). The number of pyridine rings is 1. The van der Waals surface area contributed by atoms with Gasteiger partial charge in [-0.2, -0.15) is 0 Å². The Labute approximate surface area is 124 Å². The molecule has 7 heteroatoms. The van der Waals surface area contributed by atoms with Gasteiger partial charge in [-0.05, 0) is 43.7 Å². The smallest absolute Gasteiger partial charge is 0.354 e. The average molecular weight is 312 g/mol. The Balaban J connectivity index is 1.89. The third kappa shape index (κ3) is 5.00. The molecule has 2 rings (SSSR count). The number of hydrogen-bond donors (Lipinski definition) is 2. The SMILES string of the molecule is CS(=O)(=O)CC1CCC(Nc2cccc(C(=O)O)n2)CC1. The summed E-state index contributed by atoms with van der Waals surface area (Å²) in [6.07, 6.45) is 4.75. The van der Waals surface area contributed by atoms with Crippen molar-refractivity contribution in [2.45, 2.75) is 31.7 Å². The number of hydrogen-bond acceptors (Lipinski definition) is 5. The summed E-state index contributed by atoms with van der Waals surface area (Å²) < 4.78 is 22.6. The Bertz CT molecular complexity index is 607. The van der Waals surface area contributed by atoms with Crippen LogP contribution in [0.25, 0.3) is 0 Å². The highest BCUT2D eigenvalue weighted by molar-refractivity contribution is 7.90. The predicted molar refractivity (Wildman–Crippen MR) is 80.3 cm³/mol. The minimum absolute atomic E-state index is 0.0192. The molecule has 1 heterocycles. The van der Waals surface area contributed by atoms with Crippen LogP contribution in [-0.2, 0) is 9.84 Å². The normalized spacial score (nSPS) is 22.7. The molecule has 116 valence electrons. The Morgan fingerprint density at radius 2 is 2.00 bits per heavy atom. The highest BCUT2D eigenvalue weighted by atomic mass is 32.2. The molecule has 0 unspecified atom stereocenters. The van der Waals surface area contributed by atoms with Gasteiger partial charge in [-0.15, -0.1) is 0 Å². The van der Waals surface area contributed by atoms with E-state index in [4.69, 9.17) is 5.11 Å². The van der Waals surface area contributed by atoms with E-state index in [0.717, 1.165) is 25.7 Å². The number of aromatic nitrogens is 1. The van der Waals surface area contributed by atoms with Crippen LogP contribution in [0.2, 0.25) is 0 Å². The lowest BCUT2D eigenvalue weighted by atomic mass is 9.87. The Morgan fingerprint density at radius 1 is 1.33 bits per heavy atom. The van der Waals surface area contributed by atoms with Crippen molar-refractivity contribution in [2.24, 2.45) is 5.92 Å². The van der Waals surface area contributed by atoms with Crippen molar-refractivity contribution < 1.29 is 18.3 Å². The van der Waals surface area contributed by atoms with Gasteiger partial charge in [-0.1, -0.05) is 6.07 Å². The molecule has 0 radical (unpaired) electrons. The third-order valence-electron chi connectivity index (χ3n) is 3.71. The number of sulfone groups is 1. The fourth-order valence-electron chi connectivity index (χ4n) is 2.74. The molecule has 1 aromatic rings. The zero-order chi connectivity index (χ0) is 15.5. The molecule has 1 fully saturated rings. The summed E-state index contributed by atoms with van der Waals surface area (Å²) in [5.74, 6) is 0.000248. The van der Waals surface area contributed by atoms with Gasteiger partial charge >= 0.3 is 5.97 Å². The maximum Gasteiger partial charge on any atom is 0.354 e. The number of aromatic carboxylic acids is 1. The molecule has 1 aromatic heterocycles. The number of rotatable bonds is 5. The van der Waals surface area contributed by atoms with Crippen molar-refractivity contribution in [3.8, 4) is 0 Å². The summed E-state index contributed by atoms with van der Waals surface area (Å²) in [5, 5.41) is 12.1. The van der Waals surface area contributed by atoms with E-state index >= 15 is 0 Å². The molecule has 0 aromatic carbocycles. The highest BCUT2D eigenvalue weighted by Crippen LogP contribution is 2.27. The first-order chi connectivity index (χ1) is 9.83. The van der Waals surface area contributed by atoms with E-state index in [1.165, 1.54) is 12.3 Å². The molecule has 0 spiro atoms. The Morgan fingerprint density at radius 3 is 2.57 bits per heavy atom. The van der Waals surface area contributed by atoms with Crippen molar-refractivity contribution in [2.75, 3.05) is 17.3 Å². The fraction of sp³-hybridized carbons (Fsp3) is 0.571. The van der Waals surface area contributed by atoms with Crippen LogP contribution in [0.4, 0.5) is 5.82 Å². The molecule has 0 amide bonds. The van der Waals surface area contributed by atoms with E-state index in [0.29, 0.717) is 5.82 Å². The first-order valence-corrected chi connectivity index (χ1v) is 9.04. The molecule has 0 saturated heterocycles. The quantitative estimate of drug-likeness (QED) is 0.860. The second kappa shape index (κ2) is 6.43. The second-order valence-corrected chi connectivity index (χ2v) is 7.85. The molecule has 2 N–H and O–H groups in total. The number of carboxylic acid groups (broad SMARTS) is 1. The average Bonchev–Trinajstić information content (AvgIpc) is 2.40. The minimum Gasteiger partial charge on any atom is -0.477 e. The third-order valence-corrected chi connectivity index (χ3v) is 4.78. The fourth-order valence-corrected chi connectivity index (χ4v) is 3.93. The molecule has 1 saturated carbocycles. The number of carbonyl (C=O) groups is 1. The first-order valence-electron chi connectivity index (χ1n) is 6.98. The van der Waals surface area contributed by atoms with E-state index in [1.54, 1.807) is 12.1 Å². The lowest BCUT2D eigenvalue weighted by molar-refractivity contribution is 0.0690. The zero-order valence-electron chi connectivity index (χ0n) is 11.9. The van der Waals surface area contributed by atoms with Crippen molar-refractivity contribution in [3.05, 3.63) is 23.9 Å². The summed E-state index contributed by atoms with van der Waals surface area (Å²) in [4.78, 5) is 14.9. The molecule has 21 heavy (non-hydrogen) atoms. The lowest BCUT2D eigenvalue weighted by Gasteiger charge is -2.29. The molecule has 0 aliphatic heterocycles. The van der Waals surface area contributed by atoms with Crippen molar-refractivity contribution in [3.63, 3.8) is 0 Å². The van der Waals surface area contributed by atoms with Crippen LogP contribution >= 0.6 is 0 Å². The number of nitrogens with zero attached hydrogens (tertiary/aromatic N) is 1. The molecular formula is C14H20N2O4S. The topological polar surface area (TPSA) is 96.4 Å². The molecule has 0 atom stereocenters. The number of nitrogens with one attached hydrogen (secondary N) is 1. The zero-order valence-corrected chi connectivity index (χ0v) is 12.8. The van der Waals surface area contributed by atoms with Crippen LogP contribution in [0.5, 0.6) is 0 Å². The van der Waals surface area contributed by atoms with Crippen LogP contribution in [0.15, 0.2) is 18.2 Å². The van der Waals surface area contributed by atoms with E-state index in [9.17, 15) is 13.2 Å². The minimum atomic E-state index is -2.91. The summed E-state index contributed by atoms with van der Waals surface area (Å²) in [5.41, 5.74) is 0.0192. The largest absolute Gasteiger partial charge is 0.477 e. The van der Waals surface area contributed by atoms with E-state index in [2.05, 4.69) is 10.3 Å². The first kappa shape index (κ1) is 15.8. The van der Waals surface area contributed by atoms with Gasteiger partial charge in [0.25, 0.3) is 0 Å². The van der Waals surface area contributed by atoms with Gasteiger partial charge in [0, 0.05) is 12.3 Å². The van der Waals surface area contributed by atoms with Gasteiger partial charge in [-0.3, -0.25) is 0 Å². The monoisotopic (exact) mass is 312 g/mol. The highest BCUT2D eigenvalue weighted by Gasteiger charge is 2.24. The summed E-state index contributed by atoms with van der Waals surface area (Å²) in [7, 11) is -2.91. The van der Waals surface area contributed by atoms with Crippen molar-refractivity contribution in [1.82, 2.24) is 4.98 Å². The van der Waals surface area contributed by atoms with Crippen LogP contribution in [-0.4, -0.2) is 42.5 Å². The summed E-state index contributed by atoms with van der Waals surface area (Å²) in [6, 6.07) is 5.08. The van der Waals surface area contributed by atoms with Gasteiger partial charge in [0.1, 0.15) is 15.7 Å². The van der Waals surface area contributed by atoms with E-state index in [1.807, 2.05) is 0 Å². The maximum absolute atomic E-state index is 11.3. The van der Waals surface area contributed by atoms with Crippen LogP contribution < -0.4 is 5.32 Å². The van der Waals surface area contributed by atoms with E-state index in [-0.39, 0.29) is 23.4 Å². The van der Waals surface area contributed by atoms with Crippen LogP contribution in [0.1, 0.15) is 36.2 Å².